The summed E-state index contributed by atoms with van der Waals surface area (Å²) in [4.78, 5) is 0. The third-order valence-electron chi connectivity index (χ3n) is 7.40. The van der Waals surface area contributed by atoms with Gasteiger partial charge in [0.05, 0.1) is 0 Å². The van der Waals surface area contributed by atoms with Crippen LogP contribution in [-0.4, -0.2) is 10.2 Å². The molecular formula is C34H54O2. The third kappa shape index (κ3) is 6.87. The van der Waals surface area contributed by atoms with Gasteiger partial charge >= 0.3 is 0 Å². The van der Waals surface area contributed by atoms with Crippen LogP contribution in [0.1, 0.15) is 155 Å². The second-order valence-electron chi connectivity index (χ2n) is 15.0. The topological polar surface area (TPSA) is 40.5 Å². The lowest BCUT2D eigenvalue weighted by Crippen LogP contribution is -2.20. The van der Waals surface area contributed by atoms with Crippen molar-refractivity contribution in [1.29, 1.82) is 0 Å². The summed E-state index contributed by atoms with van der Waals surface area (Å²) in [6.07, 6.45) is 4.57. The Morgan fingerprint density at radius 2 is 0.806 bits per heavy atom. The summed E-state index contributed by atoms with van der Waals surface area (Å²) >= 11 is 0. The summed E-state index contributed by atoms with van der Waals surface area (Å²) in [5.41, 5.74) is 5.90. The molecule has 0 unspecified atom stereocenters. The van der Waals surface area contributed by atoms with Crippen LogP contribution in [0.15, 0.2) is 24.3 Å². The van der Waals surface area contributed by atoms with Gasteiger partial charge in [0.2, 0.25) is 0 Å². The van der Waals surface area contributed by atoms with Gasteiger partial charge in [0, 0.05) is 5.92 Å². The maximum atomic E-state index is 11.4. The monoisotopic (exact) mass is 494 g/mol. The molecule has 0 aliphatic rings. The van der Waals surface area contributed by atoms with Crippen molar-refractivity contribution in [3.8, 4) is 11.5 Å². The van der Waals surface area contributed by atoms with E-state index in [9.17, 15) is 10.2 Å². The van der Waals surface area contributed by atoms with E-state index in [0.717, 1.165) is 35.1 Å². The van der Waals surface area contributed by atoms with E-state index in [1.54, 1.807) is 0 Å². The van der Waals surface area contributed by atoms with Crippen molar-refractivity contribution in [2.45, 2.75) is 143 Å². The van der Waals surface area contributed by atoms with Crippen LogP contribution in [-0.2, 0) is 21.7 Å². The molecule has 0 aliphatic carbocycles. The standard InChI is InChI=1S/C34H54O2/c1-14-15-16-17-24(22-18-25(31(2,3)4)29(35)26(19-22)32(5,6)7)23-20-27(33(8,9)10)30(36)28(21-23)34(11,12)13/h18-21,24,35-36H,14-17H2,1-13H3. The fourth-order valence-electron chi connectivity index (χ4n) is 5.13. The number of rotatable bonds is 6. The smallest absolute Gasteiger partial charge is 0.123 e. The molecule has 0 heterocycles. The van der Waals surface area contributed by atoms with Crippen molar-refractivity contribution in [3.05, 3.63) is 57.6 Å². The van der Waals surface area contributed by atoms with E-state index in [-0.39, 0.29) is 27.6 Å². The number of benzene rings is 2. The van der Waals surface area contributed by atoms with Crippen molar-refractivity contribution in [3.63, 3.8) is 0 Å². The molecule has 202 valence electrons. The molecule has 0 aliphatic heterocycles. The second-order valence-corrected chi connectivity index (χ2v) is 15.0. The average Bonchev–Trinajstić information content (AvgIpc) is 2.68. The van der Waals surface area contributed by atoms with Crippen LogP contribution in [0.4, 0.5) is 0 Å². The van der Waals surface area contributed by atoms with E-state index >= 15 is 0 Å². The Bertz CT molecular complexity index is 895. The lowest BCUT2D eigenvalue weighted by molar-refractivity contribution is 0.421. The van der Waals surface area contributed by atoms with Gasteiger partial charge in [-0.1, -0.05) is 134 Å². The Hall–Kier alpha value is -1.96. The molecule has 0 amide bonds. The summed E-state index contributed by atoms with van der Waals surface area (Å²) in [5, 5.41) is 22.7. The Morgan fingerprint density at radius 3 is 1.03 bits per heavy atom. The molecule has 0 atom stereocenters. The van der Waals surface area contributed by atoms with Gasteiger partial charge in [-0.2, -0.15) is 0 Å². The van der Waals surface area contributed by atoms with Crippen molar-refractivity contribution < 1.29 is 10.2 Å². The summed E-state index contributed by atoms with van der Waals surface area (Å²) in [6.45, 7) is 28.4. The van der Waals surface area contributed by atoms with Crippen LogP contribution < -0.4 is 0 Å². The van der Waals surface area contributed by atoms with Crippen molar-refractivity contribution in [2.24, 2.45) is 0 Å². The Morgan fingerprint density at radius 1 is 0.528 bits per heavy atom. The highest BCUT2D eigenvalue weighted by molar-refractivity contribution is 5.55. The van der Waals surface area contributed by atoms with Crippen LogP contribution in [0.2, 0.25) is 0 Å². The Kier molecular flexibility index (Phi) is 8.76. The molecular weight excluding hydrogens is 440 g/mol. The Labute approximate surface area is 222 Å². The predicted molar refractivity (Wildman–Crippen MR) is 157 cm³/mol. The van der Waals surface area contributed by atoms with E-state index in [0.29, 0.717) is 11.5 Å². The van der Waals surface area contributed by atoms with Crippen LogP contribution in [0.25, 0.3) is 0 Å². The van der Waals surface area contributed by atoms with Crippen LogP contribution in [0.5, 0.6) is 11.5 Å². The quantitative estimate of drug-likeness (QED) is 0.392. The van der Waals surface area contributed by atoms with Crippen LogP contribution in [0.3, 0.4) is 0 Å². The molecule has 2 aromatic rings. The second kappa shape index (κ2) is 10.4. The molecule has 0 aromatic heterocycles. The number of phenols is 2. The van der Waals surface area contributed by atoms with Gasteiger partial charge in [0.1, 0.15) is 11.5 Å². The average molecular weight is 495 g/mol. The molecule has 2 N–H and O–H groups in total. The molecule has 0 saturated carbocycles. The van der Waals surface area contributed by atoms with E-state index in [4.69, 9.17) is 0 Å². The molecule has 36 heavy (non-hydrogen) atoms. The minimum absolute atomic E-state index is 0.170. The lowest BCUT2D eigenvalue weighted by atomic mass is 9.73. The largest absolute Gasteiger partial charge is 0.507 e. The SMILES string of the molecule is CCCCCC(c1cc(C(C)(C)C)c(O)c(C(C)(C)C)c1)c1cc(C(C)(C)C)c(O)c(C(C)(C)C)c1. The first-order valence-corrected chi connectivity index (χ1v) is 13.9. The third-order valence-corrected chi connectivity index (χ3v) is 7.40. The maximum Gasteiger partial charge on any atom is 0.123 e. The first-order chi connectivity index (χ1) is 16.2. The molecule has 0 spiro atoms. The highest BCUT2D eigenvalue weighted by Gasteiger charge is 2.31. The summed E-state index contributed by atoms with van der Waals surface area (Å²) < 4.78 is 0. The van der Waals surface area contributed by atoms with Crippen molar-refractivity contribution in [2.75, 3.05) is 0 Å². The zero-order valence-corrected chi connectivity index (χ0v) is 25.6. The summed E-state index contributed by atoms with van der Waals surface area (Å²) in [7, 11) is 0. The fourth-order valence-corrected chi connectivity index (χ4v) is 5.13. The first kappa shape index (κ1) is 30.3. The minimum atomic E-state index is -0.170. The lowest BCUT2D eigenvalue weighted by Gasteiger charge is -2.32. The van der Waals surface area contributed by atoms with Crippen molar-refractivity contribution in [1.82, 2.24) is 0 Å². The fraction of sp³-hybridized carbons (Fsp3) is 0.647. The van der Waals surface area contributed by atoms with Crippen molar-refractivity contribution >= 4 is 0 Å². The summed E-state index contributed by atoms with van der Waals surface area (Å²) in [5.74, 6) is 1.06. The number of phenolic OH excluding ortho intramolecular Hbond substituents is 2. The normalized spacial score (nSPS) is 13.5. The molecule has 0 fully saturated rings. The van der Waals surface area contributed by atoms with E-state index in [2.05, 4.69) is 114 Å². The number of hydrogen-bond acceptors (Lipinski definition) is 2. The number of aromatic hydroxyl groups is 2. The van der Waals surface area contributed by atoms with Crippen LogP contribution in [0, 0.1) is 0 Å². The highest BCUT2D eigenvalue weighted by atomic mass is 16.3. The van der Waals surface area contributed by atoms with Gasteiger partial charge in [-0.05, 0) is 61.5 Å². The first-order valence-electron chi connectivity index (χ1n) is 13.9. The molecule has 2 nitrogen and oxygen atoms in total. The van der Waals surface area contributed by atoms with Crippen LogP contribution >= 0.6 is 0 Å². The van der Waals surface area contributed by atoms with Gasteiger partial charge in [-0.3, -0.25) is 0 Å². The molecule has 0 bridgehead atoms. The minimum Gasteiger partial charge on any atom is -0.507 e. The summed E-state index contributed by atoms with van der Waals surface area (Å²) in [6, 6.07) is 9.01. The molecule has 2 heteroatoms. The van der Waals surface area contributed by atoms with E-state index in [1.165, 1.54) is 24.0 Å². The highest BCUT2D eigenvalue weighted by Crippen LogP contribution is 2.46. The molecule has 0 radical (unpaired) electrons. The van der Waals surface area contributed by atoms with Gasteiger partial charge in [-0.25, -0.2) is 0 Å². The van der Waals surface area contributed by atoms with Gasteiger partial charge in [0.15, 0.2) is 0 Å². The molecule has 2 aromatic carbocycles. The van der Waals surface area contributed by atoms with E-state index in [1.807, 2.05) is 0 Å². The number of hydrogen-bond donors (Lipinski definition) is 2. The number of unbranched alkanes of at least 4 members (excludes halogenated alkanes) is 2. The zero-order chi connectivity index (χ0) is 27.9. The molecule has 0 saturated heterocycles. The Balaban J connectivity index is 2.94. The maximum absolute atomic E-state index is 11.4. The zero-order valence-electron chi connectivity index (χ0n) is 25.6. The van der Waals surface area contributed by atoms with Gasteiger partial charge in [0.25, 0.3) is 0 Å². The van der Waals surface area contributed by atoms with E-state index < -0.39 is 0 Å². The molecule has 2 rings (SSSR count). The van der Waals surface area contributed by atoms with Gasteiger partial charge < -0.3 is 10.2 Å². The van der Waals surface area contributed by atoms with Gasteiger partial charge in [-0.15, -0.1) is 0 Å². The predicted octanol–water partition coefficient (Wildman–Crippen LogP) is 10.00.